The van der Waals surface area contributed by atoms with Crippen molar-refractivity contribution in [2.45, 2.75) is 175 Å². The zero-order chi connectivity index (χ0) is 90.5. The summed E-state index contributed by atoms with van der Waals surface area (Å²) >= 11 is 1.62. The lowest BCUT2D eigenvalue weighted by molar-refractivity contribution is -0.256. The van der Waals surface area contributed by atoms with Crippen LogP contribution in [0.5, 0.6) is 11.5 Å². The summed E-state index contributed by atoms with van der Waals surface area (Å²) in [5.41, 5.74) is 3.25. The number of aliphatic hydroxyl groups is 2. The van der Waals surface area contributed by atoms with Crippen LogP contribution in [0.15, 0.2) is 78.7 Å². The number of aliphatic hydroxyl groups excluding tert-OH is 2. The summed E-state index contributed by atoms with van der Waals surface area (Å²) in [6.45, 7) is -0.863. The first-order valence-corrected chi connectivity index (χ1v) is 37.4. The molecule has 2 heterocycles. The van der Waals surface area contributed by atoms with Crippen molar-refractivity contribution in [1.29, 1.82) is 0 Å². The van der Waals surface area contributed by atoms with E-state index in [2.05, 4.69) is 26.3 Å². The number of aromatic nitrogens is 3. The fraction of sp³-hybridized carbons (Fsp3) is 0.437. The Morgan fingerprint density at radius 2 is 0.926 bits per heavy atom. The van der Waals surface area contributed by atoms with E-state index in [1.54, 1.807) is 22.6 Å². The molecule has 0 radical (unpaired) electrons. The molecule has 1 aliphatic rings. The molecular formula is C71H83F6IN14O29. The minimum atomic E-state index is -5.73. The topological polar surface area (TPSA) is 705 Å². The zero-order valence-corrected chi connectivity index (χ0v) is 65.0. The number of alkyl halides is 7. The summed E-state index contributed by atoms with van der Waals surface area (Å²) in [5.74, 6) is -27.5. The smallest absolute Gasteiger partial charge is 0.417 e. The molecule has 660 valence electrons. The summed E-state index contributed by atoms with van der Waals surface area (Å²) in [5, 5.41) is 136. The molecule has 1 aromatic heterocycles. The number of aliphatic carboxylic acids is 7. The SMILES string of the molecule is NCCCC[C@H](NC(=O)[C@H](CC(=O)O)NC(=O)[C@H](CC(=O)O)NC(=O)[C@H](CC(=O)O)NC(=O)[C@H](CC(=O)O)NC(=O)[C@H](CCCCN)NC(=O)[C@H](Cc1ccc(O)cc1)NC(=O)[C@H](CC(=O)O)NC(=O)/C=C/c1cc(C(F)(F)F)c(-c2cn(C[C@H]3O[C@@H](O/C(=C\c4ccc(O)cc4)C(=O)O)[C@H](NC(=O)CI)[C@@H](O)[C@H]3O)nn2)c(C(F)(F)F)c1)C(=O)O. The monoisotopic (exact) mass is 1840 g/mol. The first kappa shape index (κ1) is 98.9. The summed E-state index contributed by atoms with van der Waals surface area (Å²) < 4.78 is 103. The Morgan fingerprint density at radius 3 is 1.34 bits per heavy atom. The van der Waals surface area contributed by atoms with Crippen LogP contribution in [0, 0.1) is 0 Å². The highest BCUT2D eigenvalue weighted by Crippen LogP contribution is 2.45. The molecular weight excluding hydrogens is 1750 g/mol. The van der Waals surface area contributed by atoms with Gasteiger partial charge < -0.3 is 125 Å². The minimum absolute atomic E-state index is 0.0645. The van der Waals surface area contributed by atoms with E-state index in [4.69, 9.17) is 20.9 Å². The van der Waals surface area contributed by atoms with Crippen molar-refractivity contribution in [3.05, 3.63) is 107 Å². The van der Waals surface area contributed by atoms with Crippen LogP contribution in [0.25, 0.3) is 23.4 Å². The zero-order valence-electron chi connectivity index (χ0n) is 62.8. The van der Waals surface area contributed by atoms with Crippen molar-refractivity contribution in [2.24, 2.45) is 11.5 Å². The number of ether oxygens (including phenoxy) is 2. The molecule has 1 aliphatic heterocycles. The number of carboxylic acids is 7. The average molecular weight is 1840 g/mol. The van der Waals surface area contributed by atoms with Gasteiger partial charge in [-0.05, 0) is 117 Å². The number of benzene rings is 3. The van der Waals surface area contributed by atoms with Gasteiger partial charge in [-0.2, -0.15) is 26.3 Å². The van der Waals surface area contributed by atoms with E-state index in [1.165, 1.54) is 36.4 Å². The van der Waals surface area contributed by atoms with E-state index in [1.807, 2.05) is 31.9 Å². The van der Waals surface area contributed by atoms with Crippen LogP contribution in [-0.2, 0) is 112 Å². The summed E-state index contributed by atoms with van der Waals surface area (Å²) in [6, 6.07) is -9.46. The van der Waals surface area contributed by atoms with E-state index >= 15 is 26.3 Å². The molecule has 0 bridgehead atoms. The van der Waals surface area contributed by atoms with Gasteiger partial charge in [0.2, 0.25) is 65.2 Å². The van der Waals surface area contributed by atoms with Crippen LogP contribution in [0.2, 0.25) is 0 Å². The number of aromatic hydroxyl groups is 2. The van der Waals surface area contributed by atoms with Gasteiger partial charge >= 0.3 is 54.1 Å². The first-order chi connectivity index (χ1) is 56.7. The highest BCUT2D eigenvalue weighted by molar-refractivity contribution is 14.1. The van der Waals surface area contributed by atoms with Crippen LogP contribution < -0.4 is 59.3 Å². The van der Waals surface area contributed by atoms with Gasteiger partial charge in [0.25, 0.3) is 0 Å². The maximum atomic E-state index is 15.2. The Kier molecular flexibility index (Phi) is 37.6. The van der Waals surface area contributed by atoms with Gasteiger partial charge in [-0.1, -0.05) is 52.1 Å². The average Bonchev–Trinajstić information content (AvgIpc) is 1.75. The number of amides is 9. The quantitative estimate of drug-likeness (QED) is 0.00555. The molecule has 43 nitrogen and oxygen atoms in total. The molecule has 1 saturated heterocycles. The van der Waals surface area contributed by atoms with Gasteiger partial charge in [0, 0.05) is 18.1 Å². The van der Waals surface area contributed by atoms with Gasteiger partial charge in [0.1, 0.15) is 89.9 Å². The third-order valence-electron chi connectivity index (χ3n) is 17.4. The van der Waals surface area contributed by atoms with Crippen LogP contribution in [0.1, 0.15) is 98.4 Å². The number of rotatable bonds is 47. The third-order valence-corrected chi connectivity index (χ3v) is 18.1. The number of nitrogens with one attached hydrogen (secondary N) is 9. The number of carboxylic acid groups (broad SMARTS) is 7. The highest BCUT2D eigenvalue weighted by Gasteiger charge is 2.49. The second kappa shape index (κ2) is 46.0. The van der Waals surface area contributed by atoms with Crippen molar-refractivity contribution in [2.75, 3.05) is 17.5 Å². The molecule has 50 heteroatoms. The number of carbonyl (C=O) groups is 16. The molecule has 3 aromatic carbocycles. The third kappa shape index (κ3) is 31.8. The first-order valence-electron chi connectivity index (χ1n) is 35.8. The fourth-order valence-corrected chi connectivity index (χ4v) is 11.8. The molecule has 0 unspecified atom stereocenters. The van der Waals surface area contributed by atoms with E-state index in [-0.39, 0.29) is 90.5 Å². The molecule has 0 spiro atoms. The fourth-order valence-electron chi connectivity index (χ4n) is 11.5. The lowest BCUT2D eigenvalue weighted by atomic mass is 9.94. The van der Waals surface area contributed by atoms with E-state index in [0.29, 0.717) is 17.0 Å². The van der Waals surface area contributed by atoms with Gasteiger partial charge in [0.05, 0.1) is 60.4 Å². The maximum absolute atomic E-state index is 15.2. The number of phenolic OH excluding ortho intramolecular Hbond substituents is 2. The van der Waals surface area contributed by atoms with Crippen LogP contribution in [0.4, 0.5) is 26.3 Å². The predicted molar refractivity (Wildman–Crippen MR) is 403 cm³/mol. The Labute approximate surface area is 691 Å². The van der Waals surface area contributed by atoms with Crippen molar-refractivity contribution < 1.29 is 169 Å². The van der Waals surface area contributed by atoms with Gasteiger partial charge in [0.15, 0.2) is 0 Å². The second-order valence-electron chi connectivity index (χ2n) is 26.7. The van der Waals surface area contributed by atoms with Crippen LogP contribution in [0.3, 0.4) is 0 Å². The van der Waals surface area contributed by atoms with Crippen molar-refractivity contribution in [1.82, 2.24) is 62.8 Å². The second-order valence-corrected chi connectivity index (χ2v) is 27.4. The van der Waals surface area contributed by atoms with E-state index in [9.17, 15) is 133 Å². The summed E-state index contributed by atoms with van der Waals surface area (Å²) in [7, 11) is 0. The van der Waals surface area contributed by atoms with Crippen molar-refractivity contribution in [3.63, 3.8) is 0 Å². The van der Waals surface area contributed by atoms with Gasteiger partial charge in [-0.25, -0.2) is 14.3 Å². The number of hydrogen-bond donors (Lipinski definition) is 22. The lowest BCUT2D eigenvalue weighted by Gasteiger charge is -2.42. The highest BCUT2D eigenvalue weighted by atomic mass is 127. The molecule has 4 aromatic rings. The number of nitrogens with zero attached hydrogens (tertiary/aromatic N) is 3. The Hall–Kier alpha value is -12.7. The number of nitrogens with two attached hydrogens (primary N) is 2. The van der Waals surface area contributed by atoms with E-state index in [0.717, 1.165) is 18.2 Å². The number of phenols is 2. The Bertz CT molecular complexity index is 4460. The molecule has 1 fully saturated rings. The Morgan fingerprint density at radius 1 is 0.529 bits per heavy atom. The standard InChI is InChI=1S/C71H83F6IN14O29/c72-70(73,74)36-19-33(20-37(71(75,76)77)56(36)46-29-92(91-90-46)30-48-58(107)59(108)57(89-50(96)28-78)69(121-48)120-47(68(118)119)22-32-9-14-35(94)15-10-32)11-16-49(95)81-41(23-51(97)98)62(111)84-40(21-31-7-12-34(93)13-8-31)61(110)82-38(5-1-3-17-79)60(109)85-43(25-53(101)102)64(113)87-45(27-55(105)106)66(115)88-44(26-54(103)104)65(114)86-42(24-52(99)100)63(112)83-39(67(116)117)6-2-4-18-80/h7-16,19-20,22,29,38-45,48,57-59,69,93-94,107-108H,1-6,17-18,21,23-28,30,79-80H2,(H,81,95)(H,82,110)(H,83,112)(H,84,111)(H,85,109)(H,86,114)(H,87,113)(H,88,115)(H,89,96)(H,97,98)(H,99,100)(H,101,102)(H,103,104)(H,105,106)(H,116,117)(H,118,119)/b16-11+,47-22-/t38-,39-,40-,41-,42-,43-,44-,45-,48+,57+,58-,59+,69+/m0/s1. The summed E-state index contributed by atoms with van der Waals surface area (Å²) in [4.78, 5) is 209. The predicted octanol–water partition coefficient (Wildman–Crippen LogP) is -2.25. The molecule has 121 heavy (non-hydrogen) atoms. The lowest BCUT2D eigenvalue weighted by Crippen LogP contribution is -2.64. The van der Waals surface area contributed by atoms with Gasteiger partial charge in [-0.3, -0.25) is 67.1 Å². The molecule has 0 aliphatic carbocycles. The van der Waals surface area contributed by atoms with Crippen LogP contribution in [-0.4, -0.2) is 263 Å². The number of unbranched alkanes of at least 4 members (excludes halogenated alkanes) is 2. The van der Waals surface area contributed by atoms with Gasteiger partial charge in [-0.15, -0.1) is 5.10 Å². The number of halogens is 7. The van der Waals surface area contributed by atoms with Crippen LogP contribution >= 0.6 is 22.6 Å². The number of carbonyl (C=O) groups excluding carboxylic acids is 9. The maximum Gasteiger partial charge on any atom is 0.417 e. The van der Waals surface area contributed by atoms with Crippen molar-refractivity contribution in [3.8, 4) is 22.8 Å². The molecule has 24 N–H and O–H groups in total. The number of hydrogen-bond acceptors (Lipinski definition) is 26. The molecule has 5 rings (SSSR count). The molecule has 0 saturated carbocycles. The largest absolute Gasteiger partial charge is 0.508 e. The Balaban J connectivity index is 1.42. The normalized spacial score (nSPS) is 17.4. The van der Waals surface area contributed by atoms with Crippen molar-refractivity contribution >= 4 is 130 Å². The summed E-state index contributed by atoms with van der Waals surface area (Å²) in [6.07, 6.45) is -25.4. The molecule has 13 atom stereocenters. The molecule has 9 amide bonds. The minimum Gasteiger partial charge on any atom is -0.508 e. The van der Waals surface area contributed by atoms with E-state index < -0.39 is 271 Å².